The van der Waals surface area contributed by atoms with Crippen molar-refractivity contribution in [3.63, 3.8) is 0 Å². The number of benzene rings is 3. The molecule has 0 aliphatic heterocycles. The molecule has 0 unspecified atom stereocenters. The van der Waals surface area contributed by atoms with Crippen molar-refractivity contribution in [1.29, 1.82) is 10.5 Å². The SMILES string of the molecule is COc1cc(/C=C2/C(C)=C(C#N)c3nc(N)c(C#N)c(C)c32)cc(I)c1OCc1cccc2ccccc12. The second-order valence-corrected chi connectivity index (χ2v) is 10.1. The average molecular weight is 610 g/mol. The van der Waals surface area contributed by atoms with Crippen molar-refractivity contribution in [2.75, 3.05) is 12.8 Å². The van der Waals surface area contributed by atoms with Crippen LogP contribution in [-0.2, 0) is 6.61 Å². The number of hydrogen-bond donors (Lipinski definition) is 1. The molecule has 1 aromatic heterocycles. The van der Waals surface area contributed by atoms with Crippen molar-refractivity contribution in [3.05, 3.63) is 97.3 Å². The van der Waals surface area contributed by atoms with E-state index in [0.717, 1.165) is 36.8 Å². The number of nitrogens with two attached hydrogens (primary N) is 1. The lowest BCUT2D eigenvalue weighted by atomic mass is 9.95. The lowest BCUT2D eigenvalue weighted by molar-refractivity contribution is 0.283. The Kier molecular flexibility index (Phi) is 6.79. The number of rotatable bonds is 5. The van der Waals surface area contributed by atoms with E-state index >= 15 is 0 Å². The number of aromatic nitrogens is 1. The molecular weight excluding hydrogens is 587 g/mol. The Hall–Kier alpha value is -4.34. The van der Waals surface area contributed by atoms with E-state index < -0.39 is 0 Å². The average Bonchev–Trinajstić information content (AvgIpc) is 3.17. The fourth-order valence-electron chi connectivity index (χ4n) is 4.89. The summed E-state index contributed by atoms with van der Waals surface area (Å²) >= 11 is 2.25. The topological polar surface area (TPSA) is 105 Å². The van der Waals surface area contributed by atoms with Crippen LogP contribution in [0.2, 0.25) is 0 Å². The van der Waals surface area contributed by atoms with Gasteiger partial charge in [0, 0.05) is 5.56 Å². The third kappa shape index (κ3) is 4.25. The summed E-state index contributed by atoms with van der Waals surface area (Å²) in [6.45, 7) is 4.13. The minimum absolute atomic E-state index is 0.134. The molecule has 7 heteroatoms. The largest absolute Gasteiger partial charge is 0.493 e. The van der Waals surface area contributed by atoms with Crippen LogP contribution in [0.1, 0.15) is 40.4 Å². The van der Waals surface area contributed by atoms with E-state index in [-0.39, 0.29) is 5.82 Å². The molecule has 186 valence electrons. The van der Waals surface area contributed by atoms with E-state index in [2.05, 4.69) is 64.0 Å². The van der Waals surface area contributed by atoms with Crippen LogP contribution in [0.4, 0.5) is 5.82 Å². The van der Waals surface area contributed by atoms with Crippen LogP contribution >= 0.6 is 22.6 Å². The Labute approximate surface area is 234 Å². The maximum atomic E-state index is 9.84. The third-order valence-corrected chi connectivity index (χ3v) is 7.60. The first-order valence-corrected chi connectivity index (χ1v) is 13.0. The molecule has 4 aromatic rings. The lowest BCUT2D eigenvalue weighted by Gasteiger charge is -2.15. The van der Waals surface area contributed by atoms with Crippen molar-refractivity contribution >= 4 is 56.4 Å². The Balaban J connectivity index is 1.55. The standard InChI is InChI=1S/C31H23IN4O2/c1-17-23(28-18(2)25(15-34)31(35)36-29(28)24(17)14-33)11-19-12-26(32)30(27(13-19)37-3)38-16-21-9-6-8-20-7-4-5-10-22(20)21/h4-13H,16H2,1-3H3,(H2,35,36)/b23-11-. The molecule has 1 heterocycles. The maximum Gasteiger partial charge on any atom is 0.174 e. The second-order valence-electron chi connectivity index (χ2n) is 8.96. The summed E-state index contributed by atoms with van der Waals surface area (Å²) in [6.07, 6.45) is 1.99. The molecular formula is C31H23IN4O2. The van der Waals surface area contributed by atoms with Gasteiger partial charge in [-0.3, -0.25) is 0 Å². The van der Waals surface area contributed by atoms with E-state index in [1.807, 2.05) is 50.3 Å². The summed E-state index contributed by atoms with van der Waals surface area (Å²) in [4.78, 5) is 4.41. The van der Waals surface area contributed by atoms with Crippen LogP contribution in [-0.4, -0.2) is 12.1 Å². The molecule has 1 aliphatic rings. The first-order valence-electron chi connectivity index (χ1n) is 11.9. The number of ether oxygens (including phenoxy) is 2. The summed E-state index contributed by atoms with van der Waals surface area (Å²) in [7, 11) is 1.62. The molecule has 0 bridgehead atoms. The fraction of sp³-hybridized carbons (Fsp3) is 0.129. The van der Waals surface area contributed by atoms with Gasteiger partial charge in [-0.25, -0.2) is 4.98 Å². The van der Waals surface area contributed by atoms with Gasteiger partial charge in [-0.15, -0.1) is 0 Å². The molecule has 0 saturated heterocycles. The van der Waals surface area contributed by atoms with Gasteiger partial charge in [0.05, 0.1) is 27.5 Å². The summed E-state index contributed by atoms with van der Waals surface area (Å²) in [5.41, 5.74) is 12.4. The summed E-state index contributed by atoms with van der Waals surface area (Å²) in [5.74, 6) is 1.40. The van der Waals surface area contributed by atoms with Crippen LogP contribution < -0.4 is 15.2 Å². The van der Waals surface area contributed by atoms with Gasteiger partial charge in [-0.05, 0) is 93.3 Å². The Bertz CT molecular complexity index is 1770. The van der Waals surface area contributed by atoms with Gasteiger partial charge in [-0.1, -0.05) is 42.5 Å². The van der Waals surface area contributed by atoms with E-state index in [1.54, 1.807) is 7.11 Å². The third-order valence-electron chi connectivity index (χ3n) is 6.80. The van der Waals surface area contributed by atoms with E-state index in [4.69, 9.17) is 15.2 Å². The number of halogens is 1. The van der Waals surface area contributed by atoms with E-state index in [9.17, 15) is 10.5 Å². The summed E-state index contributed by atoms with van der Waals surface area (Å²) in [6, 6.07) is 22.8. The van der Waals surface area contributed by atoms with Crippen molar-refractivity contribution in [2.45, 2.75) is 20.5 Å². The monoisotopic (exact) mass is 610 g/mol. The van der Waals surface area contributed by atoms with Crippen molar-refractivity contribution in [1.82, 2.24) is 4.98 Å². The highest BCUT2D eigenvalue weighted by Crippen LogP contribution is 2.45. The van der Waals surface area contributed by atoms with Crippen molar-refractivity contribution in [3.8, 4) is 23.6 Å². The molecule has 2 N–H and O–H groups in total. The van der Waals surface area contributed by atoms with Crippen LogP contribution in [0.5, 0.6) is 11.5 Å². The minimum atomic E-state index is 0.134. The van der Waals surface area contributed by atoms with Crippen LogP contribution in [0.15, 0.2) is 60.2 Å². The van der Waals surface area contributed by atoms with Gasteiger partial charge in [0.25, 0.3) is 0 Å². The number of methoxy groups -OCH3 is 1. The highest BCUT2D eigenvalue weighted by molar-refractivity contribution is 14.1. The van der Waals surface area contributed by atoms with Crippen LogP contribution in [0.25, 0.3) is 28.0 Å². The first-order chi connectivity index (χ1) is 18.4. The van der Waals surface area contributed by atoms with Gasteiger partial charge < -0.3 is 15.2 Å². The smallest absolute Gasteiger partial charge is 0.174 e. The highest BCUT2D eigenvalue weighted by atomic mass is 127. The molecule has 0 radical (unpaired) electrons. The number of nitriles is 2. The van der Waals surface area contributed by atoms with Gasteiger partial charge >= 0.3 is 0 Å². The number of fused-ring (bicyclic) bond motifs is 2. The minimum Gasteiger partial charge on any atom is -0.493 e. The number of nitrogen functional groups attached to an aromatic ring is 1. The highest BCUT2D eigenvalue weighted by Gasteiger charge is 2.29. The lowest BCUT2D eigenvalue weighted by Crippen LogP contribution is -2.04. The number of anilines is 1. The molecule has 0 fully saturated rings. The zero-order valence-corrected chi connectivity index (χ0v) is 23.3. The number of pyridine rings is 1. The number of nitrogens with zero attached hydrogens (tertiary/aromatic N) is 3. The molecule has 0 atom stereocenters. The van der Waals surface area contributed by atoms with E-state index in [1.165, 1.54) is 5.39 Å². The zero-order valence-electron chi connectivity index (χ0n) is 21.1. The maximum absolute atomic E-state index is 9.84. The molecule has 6 nitrogen and oxygen atoms in total. The Morgan fingerprint density at radius 3 is 2.55 bits per heavy atom. The normalized spacial score (nSPS) is 13.4. The van der Waals surface area contributed by atoms with Crippen molar-refractivity contribution < 1.29 is 9.47 Å². The van der Waals surface area contributed by atoms with Gasteiger partial charge in [0.2, 0.25) is 0 Å². The Morgan fingerprint density at radius 1 is 1.05 bits per heavy atom. The molecule has 1 aliphatic carbocycles. The molecule has 5 rings (SSSR count). The first kappa shape index (κ1) is 25.3. The summed E-state index contributed by atoms with van der Waals surface area (Å²) in [5, 5.41) is 21.8. The van der Waals surface area contributed by atoms with Gasteiger partial charge in [0.1, 0.15) is 24.6 Å². The quantitative estimate of drug-likeness (QED) is 0.243. The van der Waals surface area contributed by atoms with Crippen LogP contribution in [0, 0.1) is 33.2 Å². The zero-order chi connectivity index (χ0) is 27.0. The summed E-state index contributed by atoms with van der Waals surface area (Å²) < 4.78 is 12.9. The number of allylic oxidation sites excluding steroid dienone is 3. The Morgan fingerprint density at radius 2 is 1.82 bits per heavy atom. The molecule has 0 spiro atoms. The fourth-order valence-corrected chi connectivity index (χ4v) is 5.67. The van der Waals surface area contributed by atoms with Gasteiger partial charge in [0.15, 0.2) is 11.5 Å². The van der Waals surface area contributed by atoms with Crippen molar-refractivity contribution in [2.24, 2.45) is 0 Å². The van der Waals surface area contributed by atoms with Gasteiger partial charge in [-0.2, -0.15) is 10.5 Å². The molecule has 38 heavy (non-hydrogen) atoms. The molecule has 3 aromatic carbocycles. The predicted octanol–water partition coefficient (Wildman–Crippen LogP) is 7.04. The second kappa shape index (κ2) is 10.2. The number of hydrogen-bond acceptors (Lipinski definition) is 6. The van der Waals surface area contributed by atoms with Crippen LogP contribution in [0.3, 0.4) is 0 Å². The molecule has 0 amide bonds. The predicted molar refractivity (Wildman–Crippen MR) is 158 cm³/mol. The van der Waals surface area contributed by atoms with E-state index in [0.29, 0.717) is 40.5 Å². The molecule has 0 saturated carbocycles.